The van der Waals surface area contributed by atoms with Gasteiger partial charge in [-0.2, -0.15) is 13.2 Å². The summed E-state index contributed by atoms with van der Waals surface area (Å²) in [4.78, 5) is 0. The van der Waals surface area contributed by atoms with Crippen molar-refractivity contribution in [3.8, 4) is 22.3 Å². The Balaban J connectivity index is 1.90. The summed E-state index contributed by atoms with van der Waals surface area (Å²) in [6.07, 6.45) is -1.07. The van der Waals surface area contributed by atoms with Gasteiger partial charge < -0.3 is 0 Å². The van der Waals surface area contributed by atoms with Crippen molar-refractivity contribution in [2.45, 2.75) is 32.4 Å². The summed E-state index contributed by atoms with van der Waals surface area (Å²) in [5, 5.41) is 0. The number of rotatable bonds is 6. The van der Waals surface area contributed by atoms with Gasteiger partial charge in [-0.15, -0.1) is 0 Å². The molecular weight excluding hydrogens is 414 g/mol. The van der Waals surface area contributed by atoms with Gasteiger partial charge in [-0.25, -0.2) is 13.2 Å². The van der Waals surface area contributed by atoms with Crippen molar-refractivity contribution in [3.05, 3.63) is 89.3 Å². The molecule has 3 aromatic carbocycles. The highest BCUT2D eigenvalue weighted by atomic mass is 19.4. The van der Waals surface area contributed by atoms with E-state index in [1.165, 1.54) is 6.07 Å². The zero-order chi connectivity index (χ0) is 22.6. The number of aryl methyl sites for hydroxylation is 1. The first-order chi connectivity index (χ1) is 14.7. The van der Waals surface area contributed by atoms with Crippen LogP contribution >= 0.6 is 0 Å². The number of hydrogen-bond acceptors (Lipinski definition) is 0. The van der Waals surface area contributed by atoms with Gasteiger partial charge in [-0.05, 0) is 59.4 Å². The summed E-state index contributed by atoms with van der Waals surface area (Å²) >= 11 is 0. The maximum atomic E-state index is 14.7. The molecule has 0 spiro atoms. The Morgan fingerprint density at radius 2 is 1.32 bits per heavy atom. The van der Waals surface area contributed by atoms with Gasteiger partial charge in [0.1, 0.15) is 17.5 Å². The lowest BCUT2D eigenvalue weighted by molar-refractivity contribution is -0.0790. The Hall–Kier alpha value is -3.02. The average molecular weight is 434 g/mol. The van der Waals surface area contributed by atoms with E-state index in [1.807, 2.05) is 12.1 Å². The third-order valence-electron chi connectivity index (χ3n) is 4.89. The van der Waals surface area contributed by atoms with Gasteiger partial charge in [0.05, 0.1) is 5.56 Å². The molecule has 0 N–H and O–H groups in total. The van der Waals surface area contributed by atoms with Crippen LogP contribution in [-0.4, -0.2) is 6.18 Å². The zero-order valence-corrected chi connectivity index (χ0v) is 16.7. The van der Waals surface area contributed by atoms with E-state index in [1.54, 1.807) is 12.1 Å². The third-order valence-corrected chi connectivity index (χ3v) is 4.89. The van der Waals surface area contributed by atoms with Gasteiger partial charge >= 0.3 is 6.18 Å². The molecule has 0 aromatic heterocycles. The van der Waals surface area contributed by atoms with E-state index >= 15 is 0 Å². The quantitative estimate of drug-likeness (QED) is 0.342. The van der Waals surface area contributed by atoms with Crippen LogP contribution in [-0.2, 0) is 6.42 Å². The number of alkyl halides is 3. The lowest BCUT2D eigenvalue weighted by Gasteiger charge is -2.10. The normalized spacial score (nSPS) is 12.0. The first kappa shape index (κ1) is 22.7. The Morgan fingerprint density at radius 3 is 1.87 bits per heavy atom. The molecule has 0 aliphatic carbocycles. The molecule has 0 fully saturated rings. The summed E-state index contributed by atoms with van der Waals surface area (Å²) < 4.78 is 80.5. The van der Waals surface area contributed by atoms with E-state index < -0.39 is 29.2 Å². The molecule has 0 amide bonds. The summed E-state index contributed by atoms with van der Waals surface area (Å²) in [6.45, 7) is 2.10. The van der Waals surface area contributed by atoms with Gasteiger partial charge in [-0.1, -0.05) is 49.7 Å². The van der Waals surface area contributed by atoms with Crippen molar-refractivity contribution in [1.29, 1.82) is 0 Å². The van der Waals surface area contributed by atoms with Crippen LogP contribution in [0.15, 0.2) is 60.7 Å². The Kier molecular flexibility index (Phi) is 6.88. The molecule has 0 radical (unpaired) electrons. The Morgan fingerprint density at radius 1 is 0.742 bits per heavy atom. The van der Waals surface area contributed by atoms with E-state index in [0.717, 1.165) is 49.1 Å². The number of allylic oxidation sites excluding steroid dienone is 1. The minimum Gasteiger partial charge on any atom is -0.206 e. The molecule has 0 aliphatic heterocycles. The highest BCUT2D eigenvalue weighted by Gasteiger charge is 2.22. The van der Waals surface area contributed by atoms with Crippen LogP contribution in [0.1, 0.15) is 30.9 Å². The van der Waals surface area contributed by atoms with Gasteiger partial charge in [0.2, 0.25) is 0 Å². The molecule has 6 heteroatoms. The smallest absolute Gasteiger partial charge is 0.206 e. The molecule has 0 atom stereocenters. The molecule has 3 rings (SSSR count). The summed E-state index contributed by atoms with van der Waals surface area (Å²) in [5.41, 5.74) is 1.25. The molecule has 0 saturated carbocycles. The van der Waals surface area contributed by atoms with Gasteiger partial charge in [-0.3, -0.25) is 0 Å². The van der Waals surface area contributed by atoms with Crippen LogP contribution in [0.5, 0.6) is 0 Å². The Bertz CT molecular complexity index is 1060. The fourth-order valence-electron chi connectivity index (χ4n) is 3.26. The Labute approximate surface area is 176 Å². The number of benzene rings is 3. The summed E-state index contributed by atoms with van der Waals surface area (Å²) in [5.74, 6) is -2.78. The molecule has 0 saturated heterocycles. The van der Waals surface area contributed by atoms with Crippen molar-refractivity contribution >= 4 is 6.08 Å². The predicted octanol–water partition coefficient (Wildman–Crippen LogP) is 8.36. The molecule has 0 unspecified atom stereocenters. The first-order valence-electron chi connectivity index (χ1n) is 9.82. The van der Waals surface area contributed by atoms with Crippen molar-refractivity contribution in [2.24, 2.45) is 0 Å². The summed E-state index contributed by atoms with van der Waals surface area (Å²) in [7, 11) is 0. The largest absolute Gasteiger partial charge is 0.409 e. The molecule has 0 nitrogen and oxygen atoms in total. The van der Waals surface area contributed by atoms with E-state index in [-0.39, 0.29) is 17.2 Å². The second-order valence-corrected chi connectivity index (χ2v) is 7.23. The SMILES string of the molecule is CCCCc1ccc(-c2cc(F)c(-c3ccc(/C=C/C(F)(F)F)c(F)c3)c(F)c2)cc1. The van der Waals surface area contributed by atoms with Crippen LogP contribution in [0.2, 0.25) is 0 Å². The first-order valence-corrected chi connectivity index (χ1v) is 9.82. The van der Waals surface area contributed by atoms with Gasteiger partial charge in [0.25, 0.3) is 0 Å². The topological polar surface area (TPSA) is 0 Å². The summed E-state index contributed by atoms with van der Waals surface area (Å²) in [6, 6.07) is 12.8. The maximum absolute atomic E-state index is 14.7. The van der Waals surface area contributed by atoms with Crippen molar-refractivity contribution in [1.82, 2.24) is 0 Å². The lowest BCUT2D eigenvalue weighted by Crippen LogP contribution is -2.00. The number of unbranched alkanes of at least 4 members (excludes halogenated alkanes) is 1. The highest BCUT2D eigenvalue weighted by Crippen LogP contribution is 2.32. The van der Waals surface area contributed by atoms with Crippen LogP contribution < -0.4 is 0 Å². The van der Waals surface area contributed by atoms with E-state index in [0.29, 0.717) is 17.2 Å². The van der Waals surface area contributed by atoms with Crippen LogP contribution in [0.3, 0.4) is 0 Å². The average Bonchev–Trinajstić information content (AvgIpc) is 2.71. The van der Waals surface area contributed by atoms with E-state index in [9.17, 15) is 26.3 Å². The van der Waals surface area contributed by atoms with Crippen LogP contribution in [0.4, 0.5) is 26.3 Å². The molecular formula is C25H20F6. The molecule has 0 bridgehead atoms. The predicted molar refractivity (Wildman–Crippen MR) is 111 cm³/mol. The van der Waals surface area contributed by atoms with Crippen molar-refractivity contribution < 1.29 is 26.3 Å². The maximum Gasteiger partial charge on any atom is 0.409 e. The number of hydrogen-bond donors (Lipinski definition) is 0. The second-order valence-electron chi connectivity index (χ2n) is 7.23. The molecule has 0 heterocycles. The zero-order valence-electron chi connectivity index (χ0n) is 16.7. The third kappa shape index (κ3) is 5.78. The molecule has 162 valence electrons. The van der Waals surface area contributed by atoms with Crippen molar-refractivity contribution in [2.75, 3.05) is 0 Å². The second kappa shape index (κ2) is 9.41. The minimum absolute atomic E-state index is 0.0990. The fourth-order valence-corrected chi connectivity index (χ4v) is 3.26. The van der Waals surface area contributed by atoms with Gasteiger partial charge in [0, 0.05) is 11.6 Å². The standard InChI is InChI=1S/C25H20F6/c1-2-3-4-16-5-7-17(8-6-16)20-14-22(27)24(23(28)15-20)19-10-9-18(21(26)13-19)11-12-25(29,30)31/h5-15H,2-4H2,1H3/b12-11+. The van der Waals surface area contributed by atoms with Crippen molar-refractivity contribution in [3.63, 3.8) is 0 Å². The highest BCUT2D eigenvalue weighted by molar-refractivity contribution is 5.72. The monoisotopic (exact) mass is 434 g/mol. The van der Waals surface area contributed by atoms with Crippen LogP contribution in [0.25, 0.3) is 28.3 Å². The van der Waals surface area contributed by atoms with Gasteiger partial charge in [0.15, 0.2) is 0 Å². The van der Waals surface area contributed by atoms with E-state index in [2.05, 4.69) is 6.92 Å². The fraction of sp³-hybridized carbons (Fsp3) is 0.200. The lowest BCUT2D eigenvalue weighted by atomic mass is 9.97. The number of halogens is 6. The minimum atomic E-state index is -4.59. The molecule has 3 aromatic rings. The van der Waals surface area contributed by atoms with E-state index in [4.69, 9.17) is 0 Å². The molecule has 0 aliphatic rings. The van der Waals surface area contributed by atoms with Crippen LogP contribution in [0, 0.1) is 17.5 Å². The molecule has 31 heavy (non-hydrogen) atoms.